The van der Waals surface area contributed by atoms with Gasteiger partial charge in [-0.25, -0.2) is 9.97 Å². The first-order valence-corrected chi connectivity index (χ1v) is 4.28. The van der Waals surface area contributed by atoms with Crippen LogP contribution in [0.5, 0.6) is 0 Å². The maximum Gasteiger partial charge on any atom is 0.223 e. The molecule has 0 fully saturated rings. The molecule has 1 aromatic rings. The van der Waals surface area contributed by atoms with Gasteiger partial charge in [-0.15, -0.1) is 0 Å². The summed E-state index contributed by atoms with van der Waals surface area (Å²) in [4.78, 5) is 18.5. The molecule has 1 atom stereocenters. The lowest BCUT2D eigenvalue weighted by Crippen LogP contribution is -2.39. The summed E-state index contributed by atoms with van der Waals surface area (Å²) in [6.45, 7) is 5.13. The van der Waals surface area contributed by atoms with E-state index in [2.05, 4.69) is 15.3 Å². The molecule has 0 bridgehead atoms. The fourth-order valence-corrected chi connectivity index (χ4v) is 1.04. The number of rotatable bonds is 3. The first kappa shape index (κ1) is 10.4. The number of carbonyl (C=O) groups excluding carboxylic acids is 1. The van der Waals surface area contributed by atoms with Gasteiger partial charge in [0.1, 0.15) is 0 Å². The summed E-state index contributed by atoms with van der Waals surface area (Å²) in [5.41, 5.74) is 1.59. The number of carboxylic acid groups (broad SMARTS) is 1. The Morgan fingerprint density at radius 1 is 1.43 bits per heavy atom. The van der Waals surface area contributed by atoms with Crippen molar-refractivity contribution >= 4 is 11.9 Å². The van der Waals surface area contributed by atoms with Crippen LogP contribution in [0.4, 0.5) is 5.95 Å². The average Bonchev–Trinajstić information content (AvgIpc) is 2.01. The number of aliphatic carboxylic acids is 1. The third kappa shape index (κ3) is 2.69. The van der Waals surface area contributed by atoms with Crippen molar-refractivity contribution in [3.8, 4) is 0 Å². The minimum Gasteiger partial charge on any atom is -0.548 e. The monoisotopic (exact) mass is 194 g/mol. The summed E-state index contributed by atoms with van der Waals surface area (Å²) < 4.78 is 0. The maximum atomic E-state index is 10.4. The van der Waals surface area contributed by atoms with Gasteiger partial charge >= 0.3 is 0 Å². The molecule has 1 unspecified atom stereocenters. The van der Waals surface area contributed by atoms with E-state index in [0.29, 0.717) is 5.95 Å². The van der Waals surface area contributed by atoms with Crippen LogP contribution in [0.1, 0.15) is 18.3 Å². The third-order valence-electron chi connectivity index (χ3n) is 1.68. The molecule has 5 heteroatoms. The van der Waals surface area contributed by atoms with Crippen molar-refractivity contribution in [2.75, 3.05) is 5.32 Å². The van der Waals surface area contributed by atoms with E-state index >= 15 is 0 Å². The van der Waals surface area contributed by atoms with E-state index in [4.69, 9.17) is 0 Å². The van der Waals surface area contributed by atoms with Gasteiger partial charge < -0.3 is 15.2 Å². The highest BCUT2D eigenvalue weighted by molar-refractivity contribution is 5.73. The Hall–Kier alpha value is -1.65. The van der Waals surface area contributed by atoms with Crippen molar-refractivity contribution in [1.29, 1.82) is 0 Å². The summed E-state index contributed by atoms with van der Waals surface area (Å²) in [5, 5.41) is 13.1. The van der Waals surface area contributed by atoms with Gasteiger partial charge in [-0.3, -0.25) is 0 Å². The topological polar surface area (TPSA) is 77.9 Å². The number of aromatic nitrogens is 2. The van der Waals surface area contributed by atoms with Crippen LogP contribution in [0, 0.1) is 13.8 Å². The second kappa shape index (κ2) is 4.04. The quantitative estimate of drug-likeness (QED) is 0.711. The zero-order valence-electron chi connectivity index (χ0n) is 8.37. The van der Waals surface area contributed by atoms with Crippen LogP contribution in [-0.4, -0.2) is 22.0 Å². The molecule has 14 heavy (non-hydrogen) atoms. The SMILES string of the molecule is Cc1cc(C)nc(NC(C)C(=O)[O-])n1. The molecule has 5 nitrogen and oxygen atoms in total. The van der Waals surface area contributed by atoms with Gasteiger partial charge in [0.25, 0.3) is 0 Å². The Labute approximate surface area is 82.2 Å². The summed E-state index contributed by atoms with van der Waals surface area (Å²) in [7, 11) is 0. The molecule has 0 saturated carbocycles. The van der Waals surface area contributed by atoms with E-state index in [9.17, 15) is 9.90 Å². The van der Waals surface area contributed by atoms with Crippen molar-refractivity contribution in [2.45, 2.75) is 26.8 Å². The van der Waals surface area contributed by atoms with Crippen LogP contribution in [0.15, 0.2) is 6.07 Å². The molecule has 0 radical (unpaired) electrons. The van der Waals surface area contributed by atoms with Crippen LogP contribution < -0.4 is 10.4 Å². The first-order chi connectivity index (χ1) is 6.49. The number of carbonyl (C=O) groups is 1. The summed E-state index contributed by atoms with van der Waals surface area (Å²) in [6, 6.07) is 1.02. The largest absolute Gasteiger partial charge is 0.548 e. The summed E-state index contributed by atoms with van der Waals surface area (Å²) in [6.07, 6.45) is 0. The Morgan fingerprint density at radius 3 is 2.36 bits per heavy atom. The van der Waals surface area contributed by atoms with E-state index in [-0.39, 0.29) is 0 Å². The zero-order valence-corrected chi connectivity index (χ0v) is 8.37. The number of hydrogen-bond acceptors (Lipinski definition) is 5. The molecule has 0 amide bonds. The van der Waals surface area contributed by atoms with Crippen molar-refractivity contribution in [2.24, 2.45) is 0 Å². The van der Waals surface area contributed by atoms with Gasteiger partial charge in [-0.2, -0.15) is 0 Å². The van der Waals surface area contributed by atoms with Crippen molar-refractivity contribution in [3.63, 3.8) is 0 Å². The molecule has 0 aliphatic heterocycles. The van der Waals surface area contributed by atoms with Crippen LogP contribution in [-0.2, 0) is 4.79 Å². The van der Waals surface area contributed by atoms with Crippen LogP contribution in [0.25, 0.3) is 0 Å². The fraction of sp³-hybridized carbons (Fsp3) is 0.444. The lowest BCUT2D eigenvalue weighted by Gasteiger charge is -2.14. The normalized spacial score (nSPS) is 12.2. The average molecular weight is 194 g/mol. The maximum absolute atomic E-state index is 10.4. The highest BCUT2D eigenvalue weighted by Crippen LogP contribution is 2.04. The molecular formula is C9H12N3O2-. The number of nitrogens with zero attached hydrogens (tertiary/aromatic N) is 2. The highest BCUT2D eigenvalue weighted by atomic mass is 16.4. The number of nitrogens with one attached hydrogen (secondary N) is 1. The molecule has 0 aliphatic carbocycles. The van der Waals surface area contributed by atoms with Gasteiger partial charge in [0.15, 0.2) is 0 Å². The van der Waals surface area contributed by atoms with Gasteiger partial charge in [-0.05, 0) is 26.8 Å². The van der Waals surface area contributed by atoms with Gasteiger partial charge in [0.05, 0.1) is 12.0 Å². The molecule has 0 spiro atoms. The predicted octanol–water partition coefficient (Wildman–Crippen LogP) is -0.356. The second-order valence-electron chi connectivity index (χ2n) is 3.16. The van der Waals surface area contributed by atoms with Gasteiger partial charge in [0.2, 0.25) is 5.95 Å². The lowest BCUT2D eigenvalue weighted by atomic mass is 10.3. The first-order valence-electron chi connectivity index (χ1n) is 4.28. The summed E-state index contributed by atoms with van der Waals surface area (Å²) in [5.74, 6) is -0.855. The number of anilines is 1. The fourth-order valence-electron chi connectivity index (χ4n) is 1.04. The number of hydrogen-bond donors (Lipinski definition) is 1. The van der Waals surface area contributed by atoms with Gasteiger partial charge in [-0.1, -0.05) is 0 Å². The van der Waals surface area contributed by atoms with E-state index in [1.807, 2.05) is 19.9 Å². The van der Waals surface area contributed by atoms with Crippen molar-refractivity contribution in [1.82, 2.24) is 9.97 Å². The Kier molecular flexibility index (Phi) is 3.01. The predicted molar refractivity (Wildman–Crippen MR) is 49.6 cm³/mol. The Morgan fingerprint density at radius 2 is 1.93 bits per heavy atom. The smallest absolute Gasteiger partial charge is 0.223 e. The lowest BCUT2D eigenvalue weighted by molar-refractivity contribution is -0.306. The minimum atomic E-state index is -1.17. The van der Waals surface area contributed by atoms with Crippen LogP contribution in [0.2, 0.25) is 0 Å². The van der Waals surface area contributed by atoms with E-state index in [0.717, 1.165) is 11.4 Å². The van der Waals surface area contributed by atoms with E-state index < -0.39 is 12.0 Å². The highest BCUT2D eigenvalue weighted by Gasteiger charge is 2.05. The Balaban J connectivity index is 2.81. The molecule has 1 heterocycles. The number of carboxylic acids is 1. The number of aryl methyl sites for hydroxylation is 2. The molecule has 0 aliphatic rings. The third-order valence-corrected chi connectivity index (χ3v) is 1.68. The van der Waals surface area contributed by atoms with E-state index in [1.54, 1.807) is 0 Å². The molecule has 76 valence electrons. The molecule has 1 aromatic heterocycles. The van der Waals surface area contributed by atoms with Crippen LogP contribution in [0.3, 0.4) is 0 Å². The van der Waals surface area contributed by atoms with Crippen LogP contribution >= 0.6 is 0 Å². The molecular weight excluding hydrogens is 182 g/mol. The summed E-state index contributed by atoms with van der Waals surface area (Å²) >= 11 is 0. The van der Waals surface area contributed by atoms with E-state index in [1.165, 1.54) is 6.92 Å². The second-order valence-corrected chi connectivity index (χ2v) is 3.16. The van der Waals surface area contributed by atoms with Gasteiger partial charge in [0, 0.05) is 11.4 Å². The standard InChI is InChI=1S/C9H13N3O2/c1-5-4-6(2)11-9(10-5)12-7(3)8(13)14/h4,7H,1-3H3,(H,13,14)(H,10,11,12)/p-1. The van der Waals surface area contributed by atoms with Crippen molar-refractivity contribution in [3.05, 3.63) is 17.5 Å². The van der Waals surface area contributed by atoms with Crippen molar-refractivity contribution < 1.29 is 9.90 Å². The molecule has 1 N–H and O–H groups in total. The zero-order chi connectivity index (χ0) is 10.7. The Bertz CT molecular complexity index is 332. The molecule has 0 aromatic carbocycles. The minimum absolute atomic E-state index is 0.319. The molecule has 1 rings (SSSR count). The molecule has 0 saturated heterocycles.